The number of carbonyl (C=O) groups is 2. The highest BCUT2D eigenvalue weighted by molar-refractivity contribution is 6.02. The number of hydrogen-bond acceptors (Lipinski definition) is 2. The van der Waals surface area contributed by atoms with Crippen LogP contribution in [0.4, 0.5) is 18.9 Å². The van der Waals surface area contributed by atoms with Gasteiger partial charge in [0.2, 0.25) is 5.91 Å². The van der Waals surface area contributed by atoms with Crippen molar-refractivity contribution >= 4 is 23.6 Å². The maximum absolute atomic E-state index is 12.6. The van der Waals surface area contributed by atoms with Gasteiger partial charge in [0.15, 0.2) is 0 Å². The molecule has 0 bridgehead atoms. The quantitative estimate of drug-likeness (QED) is 0.828. The molecule has 0 aromatic heterocycles. The summed E-state index contributed by atoms with van der Waals surface area (Å²) < 4.78 is 37.8. The van der Waals surface area contributed by atoms with Crippen LogP contribution < -0.4 is 5.32 Å². The second kappa shape index (κ2) is 6.99. The SMILES string of the molecule is O=C(/C=C/c1cccc(C(F)(F)F)c1)Nc1cccc(C(=O)O)c1. The van der Waals surface area contributed by atoms with Crippen molar-refractivity contribution in [2.45, 2.75) is 6.18 Å². The number of carboxylic acids is 1. The van der Waals surface area contributed by atoms with E-state index in [1.165, 1.54) is 42.5 Å². The molecule has 0 fully saturated rings. The van der Waals surface area contributed by atoms with Crippen LogP contribution >= 0.6 is 0 Å². The number of hydrogen-bond donors (Lipinski definition) is 2. The zero-order valence-corrected chi connectivity index (χ0v) is 12.2. The number of anilines is 1. The van der Waals surface area contributed by atoms with Gasteiger partial charge in [-0.25, -0.2) is 4.79 Å². The van der Waals surface area contributed by atoms with Crippen molar-refractivity contribution in [2.75, 3.05) is 5.32 Å². The molecule has 2 aromatic carbocycles. The number of carbonyl (C=O) groups excluding carboxylic acids is 1. The molecular formula is C17H12F3NO3. The Morgan fingerprint density at radius 2 is 1.75 bits per heavy atom. The predicted octanol–water partition coefficient (Wildman–Crippen LogP) is 4.06. The Hall–Kier alpha value is -3.09. The molecule has 2 aromatic rings. The average molecular weight is 335 g/mol. The number of nitrogens with one attached hydrogen (secondary N) is 1. The molecular weight excluding hydrogens is 323 g/mol. The third-order valence-electron chi connectivity index (χ3n) is 3.02. The Morgan fingerprint density at radius 1 is 1.04 bits per heavy atom. The molecule has 0 spiro atoms. The number of carboxylic acid groups (broad SMARTS) is 1. The number of rotatable bonds is 4. The molecule has 0 aliphatic carbocycles. The molecule has 1 amide bonds. The Balaban J connectivity index is 2.08. The van der Waals surface area contributed by atoms with Crippen molar-refractivity contribution in [3.8, 4) is 0 Å². The summed E-state index contributed by atoms with van der Waals surface area (Å²) in [6, 6.07) is 10.2. The van der Waals surface area contributed by atoms with Crippen LogP contribution in [0.25, 0.3) is 6.08 Å². The van der Waals surface area contributed by atoms with Crippen molar-refractivity contribution in [3.63, 3.8) is 0 Å². The van der Waals surface area contributed by atoms with Crippen LogP contribution in [0.3, 0.4) is 0 Å². The molecule has 0 saturated carbocycles. The summed E-state index contributed by atoms with van der Waals surface area (Å²) in [6.45, 7) is 0. The first-order chi connectivity index (χ1) is 11.3. The number of aromatic carboxylic acids is 1. The van der Waals surface area contributed by atoms with Crippen molar-refractivity contribution in [3.05, 3.63) is 71.3 Å². The lowest BCUT2D eigenvalue weighted by atomic mass is 10.1. The zero-order chi connectivity index (χ0) is 17.7. The van der Waals surface area contributed by atoms with Crippen LogP contribution in [0, 0.1) is 0 Å². The van der Waals surface area contributed by atoms with Gasteiger partial charge in [-0.15, -0.1) is 0 Å². The highest BCUT2D eigenvalue weighted by atomic mass is 19.4. The molecule has 0 atom stereocenters. The summed E-state index contributed by atoms with van der Waals surface area (Å²) >= 11 is 0. The van der Waals surface area contributed by atoms with Gasteiger partial charge in [0.05, 0.1) is 11.1 Å². The zero-order valence-electron chi connectivity index (χ0n) is 12.2. The van der Waals surface area contributed by atoms with Crippen LogP contribution in [0.15, 0.2) is 54.6 Å². The molecule has 0 radical (unpaired) electrons. The third-order valence-corrected chi connectivity index (χ3v) is 3.02. The van der Waals surface area contributed by atoms with Gasteiger partial charge in [-0.3, -0.25) is 4.79 Å². The fourth-order valence-electron chi connectivity index (χ4n) is 1.90. The number of amides is 1. The Morgan fingerprint density at radius 3 is 2.42 bits per heavy atom. The first-order valence-corrected chi connectivity index (χ1v) is 6.75. The van der Waals surface area contributed by atoms with Gasteiger partial charge in [-0.1, -0.05) is 18.2 Å². The van der Waals surface area contributed by atoms with Crippen LogP contribution in [0.5, 0.6) is 0 Å². The van der Waals surface area contributed by atoms with Crippen molar-refractivity contribution in [1.29, 1.82) is 0 Å². The molecule has 0 heterocycles. The Labute approximate surface area is 135 Å². The summed E-state index contributed by atoms with van der Waals surface area (Å²) in [5, 5.41) is 11.3. The van der Waals surface area contributed by atoms with Crippen LogP contribution in [0.1, 0.15) is 21.5 Å². The number of halogens is 3. The summed E-state index contributed by atoms with van der Waals surface area (Å²) in [5.74, 6) is -1.72. The molecule has 0 aliphatic rings. The van der Waals surface area contributed by atoms with E-state index in [0.717, 1.165) is 18.2 Å². The van der Waals surface area contributed by atoms with Crippen molar-refractivity contribution in [1.82, 2.24) is 0 Å². The molecule has 4 nitrogen and oxygen atoms in total. The van der Waals surface area contributed by atoms with Gasteiger partial charge in [0.25, 0.3) is 0 Å². The molecule has 0 saturated heterocycles. The minimum atomic E-state index is -4.45. The summed E-state index contributed by atoms with van der Waals surface area (Å²) in [4.78, 5) is 22.6. The fourth-order valence-corrected chi connectivity index (χ4v) is 1.90. The van der Waals surface area contributed by atoms with Gasteiger partial charge in [-0.2, -0.15) is 13.2 Å². The topological polar surface area (TPSA) is 66.4 Å². The van der Waals surface area contributed by atoms with E-state index in [-0.39, 0.29) is 16.8 Å². The Bertz CT molecular complexity index is 798. The second-order valence-corrected chi connectivity index (χ2v) is 4.83. The molecule has 124 valence electrons. The molecule has 0 aliphatic heterocycles. The van der Waals surface area contributed by atoms with Crippen LogP contribution in [-0.2, 0) is 11.0 Å². The van der Waals surface area contributed by atoms with E-state index in [1.807, 2.05) is 0 Å². The number of benzene rings is 2. The Kier molecular flexibility index (Phi) is 5.03. The van der Waals surface area contributed by atoms with E-state index in [0.29, 0.717) is 0 Å². The standard InChI is InChI=1S/C17H12F3NO3/c18-17(19,20)13-5-1-3-11(9-13)7-8-15(22)21-14-6-2-4-12(10-14)16(23)24/h1-10H,(H,21,22)(H,23,24)/b8-7+. The first kappa shape index (κ1) is 17.3. The summed E-state index contributed by atoms with van der Waals surface area (Å²) in [7, 11) is 0. The highest BCUT2D eigenvalue weighted by Gasteiger charge is 2.30. The molecule has 2 N–H and O–H groups in total. The molecule has 24 heavy (non-hydrogen) atoms. The van der Waals surface area contributed by atoms with Gasteiger partial charge >= 0.3 is 12.1 Å². The lowest BCUT2D eigenvalue weighted by Gasteiger charge is -2.06. The normalized spacial score (nSPS) is 11.5. The maximum Gasteiger partial charge on any atom is 0.416 e. The monoisotopic (exact) mass is 335 g/mol. The van der Waals surface area contributed by atoms with E-state index >= 15 is 0 Å². The van der Waals surface area contributed by atoms with Gasteiger partial charge in [-0.05, 0) is 42.0 Å². The van der Waals surface area contributed by atoms with Crippen molar-refractivity contribution < 1.29 is 27.9 Å². The minimum absolute atomic E-state index is 0.00894. The van der Waals surface area contributed by atoms with Gasteiger partial charge in [0, 0.05) is 11.8 Å². The molecule has 2 rings (SSSR count). The fraction of sp³-hybridized carbons (Fsp3) is 0.0588. The largest absolute Gasteiger partial charge is 0.478 e. The lowest BCUT2D eigenvalue weighted by molar-refractivity contribution is -0.137. The maximum atomic E-state index is 12.6. The summed E-state index contributed by atoms with van der Waals surface area (Å²) in [5.41, 5.74) is -0.304. The van der Waals surface area contributed by atoms with E-state index in [2.05, 4.69) is 5.32 Å². The number of alkyl halides is 3. The van der Waals surface area contributed by atoms with Crippen LogP contribution in [-0.4, -0.2) is 17.0 Å². The molecule has 0 unspecified atom stereocenters. The van der Waals surface area contributed by atoms with Crippen LogP contribution in [0.2, 0.25) is 0 Å². The summed E-state index contributed by atoms with van der Waals surface area (Å²) in [6.07, 6.45) is -2.14. The third kappa shape index (κ3) is 4.70. The van der Waals surface area contributed by atoms with E-state index < -0.39 is 23.6 Å². The van der Waals surface area contributed by atoms with Crippen molar-refractivity contribution in [2.24, 2.45) is 0 Å². The van der Waals surface area contributed by atoms with E-state index in [4.69, 9.17) is 5.11 Å². The van der Waals surface area contributed by atoms with E-state index in [9.17, 15) is 22.8 Å². The second-order valence-electron chi connectivity index (χ2n) is 4.83. The molecule has 7 heteroatoms. The highest BCUT2D eigenvalue weighted by Crippen LogP contribution is 2.29. The lowest BCUT2D eigenvalue weighted by Crippen LogP contribution is -2.08. The first-order valence-electron chi connectivity index (χ1n) is 6.75. The minimum Gasteiger partial charge on any atom is -0.478 e. The van der Waals surface area contributed by atoms with Gasteiger partial charge < -0.3 is 10.4 Å². The average Bonchev–Trinajstić information content (AvgIpc) is 2.52. The van der Waals surface area contributed by atoms with E-state index in [1.54, 1.807) is 0 Å². The predicted molar refractivity (Wildman–Crippen MR) is 82.5 cm³/mol. The smallest absolute Gasteiger partial charge is 0.416 e. The van der Waals surface area contributed by atoms with Gasteiger partial charge in [0.1, 0.15) is 0 Å².